The Kier molecular flexibility index (Phi) is 3.48. The first kappa shape index (κ1) is 13.9. The molecule has 0 radical (unpaired) electrons. The van der Waals surface area contributed by atoms with E-state index in [0.717, 1.165) is 38.9 Å². The van der Waals surface area contributed by atoms with Gasteiger partial charge in [0, 0.05) is 19.3 Å². The molecule has 3 aliphatic rings. The van der Waals surface area contributed by atoms with Gasteiger partial charge in [-0.3, -0.25) is 9.59 Å². The number of nitrogens with zero attached hydrogens (tertiary/aromatic N) is 1. The maximum absolute atomic E-state index is 12.8. The number of nitrogens with one attached hydrogen (secondary N) is 1. The van der Waals surface area contributed by atoms with Crippen LogP contribution in [0.15, 0.2) is 0 Å². The van der Waals surface area contributed by atoms with Crippen molar-refractivity contribution in [2.45, 2.75) is 51.1 Å². The zero-order chi connectivity index (χ0) is 14.3. The molecule has 5 heteroatoms. The Labute approximate surface area is 120 Å². The lowest BCUT2D eigenvalue weighted by atomic mass is 9.86. The van der Waals surface area contributed by atoms with Gasteiger partial charge in [-0.2, -0.15) is 0 Å². The minimum Gasteiger partial charge on any atom is -0.381 e. The second-order valence-corrected chi connectivity index (χ2v) is 6.65. The fraction of sp³-hybridized carbons (Fsp3) is 0.867. The summed E-state index contributed by atoms with van der Waals surface area (Å²) in [5, 5.41) is 2.94. The normalized spacial score (nSPS) is 34.0. The highest BCUT2D eigenvalue weighted by Gasteiger charge is 2.53. The highest BCUT2D eigenvalue weighted by Crippen LogP contribution is 2.42. The lowest BCUT2D eigenvalue weighted by Gasteiger charge is -2.45. The summed E-state index contributed by atoms with van der Waals surface area (Å²) in [4.78, 5) is 26.7. The molecule has 1 saturated carbocycles. The van der Waals surface area contributed by atoms with E-state index in [4.69, 9.17) is 4.74 Å². The molecule has 2 aliphatic heterocycles. The quantitative estimate of drug-likeness (QED) is 0.836. The number of ether oxygens (including phenoxy) is 1. The number of rotatable bonds is 3. The molecule has 112 valence electrons. The molecule has 2 heterocycles. The SMILES string of the molecule is CC(C1CCOCC1)N1CC(=O)NC(C)(C2CC2)C1=O. The van der Waals surface area contributed by atoms with Gasteiger partial charge in [0.25, 0.3) is 0 Å². The number of hydrogen-bond donors (Lipinski definition) is 1. The standard InChI is InChI=1S/C15H24N2O3/c1-10(11-5-7-20-8-6-11)17-9-13(18)16-15(2,14(17)19)12-3-4-12/h10-12H,3-9H2,1-2H3,(H,16,18). The molecule has 0 spiro atoms. The third-order valence-electron chi connectivity index (χ3n) is 5.25. The predicted octanol–water partition coefficient (Wildman–Crippen LogP) is 0.929. The van der Waals surface area contributed by atoms with Crippen molar-refractivity contribution in [1.82, 2.24) is 10.2 Å². The lowest BCUT2D eigenvalue weighted by Crippen LogP contribution is -2.68. The zero-order valence-corrected chi connectivity index (χ0v) is 12.4. The van der Waals surface area contributed by atoms with E-state index in [0.29, 0.717) is 11.8 Å². The Balaban J connectivity index is 1.76. The van der Waals surface area contributed by atoms with Crippen LogP contribution in [0.5, 0.6) is 0 Å². The average Bonchev–Trinajstić information content (AvgIpc) is 3.28. The van der Waals surface area contributed by atoms with E-state index >= 15 is 0 Å². The number of amides is 2. The van der Waals surface area contributed by atoms with Gasteiger partial charge in [-0.1, -0.05) is 0 Å². The molecule has 1 N–H and O–H groups in total. The molecule has 0 aromatic rings. The Morgan fingerprint density at radius 2 is 1.90 bits per heavy atom. The molecular weight excluding hydrogens is 256 g/mol. The van der Waals surface area contributed by atoms with Crippen molar-refractivity contribution in [2.75, 3.05) is 19.8 Å². The smallest absolute Gasteiger partial charge is 0.249 e. The van der Waals surface area contributed by atoms with Crippen LogP contribution in [0.25, 0.3) is 0 Å². The van der Waals surface area contributed by atoms with Crippen LogP contribution in [0, 0.1) is 11.8 Å². The van der Waals surface area contributed by atoms with E-state index < -0.39 is 5.54 Å². The molecule has 0 aromatic heterocycles. The van der Waals surface area contributed by atoms with Crippen LogP contribution < -0.4 is 5.32 Å². The second-order valence-electron chi connectivity index (χ2n) is 6.65. The third kappa shape index (κ3) is 2.32. The van der Waals surface area contributed by atoms with Crippen LogP contribution in [0.2, 0.25) is 0 Å². The molecule has 0 aromatic carbocycles. The number of carbonyl (C=O) groups excluding carboxylic acids is 2. The van der Waals surface area contributed by atoms with Crippen molar-refractivity contribution >= 4 is 11.8 Å². The van der Waals surface area contributed by atoms with Crippen LogP contribution in [-0.4, -0.2) is 48.1 Å². The van der Waals surface area contributed by atoms with Gasteiger partial charge in [-0.25, -0.2) is 0 Å². The first-order valence-corrected chi connectivity index (χ1v) is 7.72. The monoisotopic (exact) mass is 280 g/mol. The summed E-state index contributed by atoms with van der Waals surface area (Å²) in [6, 6.07) is 0.121. The van der Waals surface area contributed by atoms with Crippen molar-refractivity contribution in [3.05, 3.63) is 0 Å². The average molecular weight is 280 g/mol. The van der Waals surface area contributed by atoms with E-state index in [1.165, 1.54) is 0 Å². The van der Waals surface area contributed by atoms with E-state index in [2.05, 4.69) is 12.2 Å². The number of piperazine rings is 1. The maximum Gasteiger partial charge on any atom is 0.249 e. The molecule has 2 amide bonds. The van der Waals surface area contributed by atoms with Crippen molar-refractivity contribution in [2.24, 2.45) is 11.8 Å². The van der Waals surface area contributed by atoms with Crippen LogP contribution in [0.4, 0.5) is 0 Å². The van der Waals surface area contributed by atoms with Gasteiger partial charge in [-0.05, 0) is 51.4 Å². The highest BCUT2D eigenvalue weighted by atomic mass is 16.5. The first-order valence-electron chi connectivity index (χ1n) is 7.72. The Bertz CT molecular complexity index is 415. The summed E-state index contributed by atoms with van der Waals surface area (Å²) in [5.74, 6) is 0.863. The van der Waals surface area contributed by atoms with Gasteiger partial charge in [0.15, 0.2) is 0 Å². The molecule has 5 nitrogen and oxygen atoms in total. The van der Waals surface area contributed by atoms with E-state index in [9.17, 15) is 9.59 Å². The first-order chi connectivity index (χ1) is 9.52. The van der Waals surface area contributed by atoms with E-state index in [-0.39, 0.29) is 24.4 Å². The van der Waals surface area contributed by atoms with Crippen LogP contribution in [0.3, 0.4) is 0 Å². The lowest BCUT2D eigenvalue weighted by molar-refractivity contribution is -0.154. The van der Waals surface area contributed by atoms with Gasteiger partial charge >= 0.3 is 0 Å². The topological polar surface area (TPSA) is 58.6 Å². The minimum atomic E-state index is -0.672. The van der Waals surface area contributed by atoms with Crippen molar-refractivity contribution < 1.29 is 14.3 Å². The molecule has 20 heavy (non-hydrogen) atoms. The molecular formula is C15H24N2O3. The van der Waals surface area contributed by atoms with E-state index in [1.54, 1.807) is 0 Å². The minimum absolute atomic E-state index is 0.0158. The molecule has 1 aliphatic carbocycles. The van der Waals surface area contributed by atoms with Gasteiger partial charge in [0.2, 0.25) is 11.8 Å². The summed E-state index contributed by atoms with van der Waals surface area (Å²) in [6.07, 6.45) is 4.05. The van der Waals surface area contributed by atoms with Gasteiger partial charge in [-0.15, -0.1) is 0 Å². The van der Waals surface area contributed by atoms with Crippen molar-refractivity contribution in [3.63, 3.8) is 0 Å². The van der Waals surface area contributed by atoms with E-state index in [1.807, 2.05) is 11.8 Å². The summed E-state index contributed by atoms with van der Waals surface area (Å²) in [7, 11) is 0. The van der Waals surface area contributed by atoms with Gasteiger partial charge in [0.05, 0.1) is 6.54 Å². The predicted molar refractivity (Wildman–Crippen MR) is 74.0 cm³/mol. The largest absolute Gasteiger partial charge is 0.381 e. The Hall–Kier alpha value is -1.10. The van der Waals surface area contributed by atoms with Gasteiger partial charge in [0.1, 0.15) is 5.54 Å². The van der Waals surface area contributed by atoms with Crippen molar-refractivity contribution in [1.29, 1.82) is 0 Å². The van der Waals surface area contributed by atoms with Gasteiger partial charge < -0.3 is 15.0 Å². The second kappa shape index (κ2) is 5.02. The molecule has 3 fully saturated rings. The molecule has 0 bridgehead atoms. The summed E-state index contributed by atoms with van der Waals surface area (Å²) < 4.78 is 5.39. The zero-order valence-electron chi connectivity index (χ0n) is 12.4. The third-order valence-corrected chi connectivity index (χ3v) is 5.25. The molecule has 2 unspecified atom stereocenters. The Morgan fingerprint density at radius 3 is 2.50 bits per heavy atom. The highest BCUT2D eigenvalue weighted by molar-refractivity contribution is 5.98. The van der Waals surface area contributed by atoms with Crippen LogP contribution in [-0.2, 0) is 14.3 Å². The summed E-state index contributed by atoms with van der Waals surface area (Å²) in [5.41, 5.74) is -0.672. The summed E-state index contributed by atoms with van der Waals surface area (Å²) in [6.45, 7) is 5.72. The molecule has 2 atom stereocenters. The fourth-order valence-electron chi connectivity index (χ4n) is 3.63. The summed E-state index contributed by atoms with van der Waals surface area (Å²) >= 11 is 0. The number of hydrogen-bond acceptors (Lipinski definition) is 3. The molecule has 2 saturated heterocycles. The molecule has 3 rings (SSSR count). The van der Waals surface area contributed by atoms with Crippen LogP contribution in [0.1, 0.15) is 39.5 Å². The van der Waals surface area contributed by atoms with Crippen LogP contribution >= 0.6 is 0 Å². The number of carbonyl (C=O) groups is 2. The van der Waals surface area contributed by atoms with Crippen molar-refractivity contribution in [3.8, 4) is 0 Å². The maximum atomic E-state index is 12.8. The fourth-order valence-corrected chi connectivity index (χ4v) is 3.63. The Morgan fingerprint density at radius 1 is 1.25 bits per heavy atom.